The number of pyridine rings is 1. The summed E-state index contributed by atoms with van der Waals surface area (Å²) in [7, 11) is 5.82. The summed E-state index contributed by atoms with van der Waals surface area (Å²) in [4.78, 5) is 6.63. The monoisotopic (exact) mass is 251 g/mol. The number of methoxy groups -OCH3 is 1. The first-order valence-electron chi connectivity index (χ1n) is 6.35. The van der Waals surface area contributed by atoms with E-state index >= 15 is 0 Å². The second kappa shape index (κ2) is 6.71. The molecule has 4 nitrogen and oxygen atoms in total. The van der Waals surface area contributed by atoms with Gasteiger partial charge in [0.1, 0.15) is 5.75 Å². The van der Waals surface area contributed by atoms with Gasteiger partial charge in [-0.3, -0.25) is 4.98 Å². The van der Waals surface area contributed by atoms with Crippen LogP contribution < -0.4 is 10.5 Å². The molecule has 4 heteroatoms. The van der Waals surface area contributed by atoms with Gasteiger partial charge in [-0.1, -0.05) is 0 Å². The Morgan fingerprint density at radius 2 is 2.06 bits per heavy atom. The molecule has 1 aromatic heterocycles. The number of aromatic nitrogens is 1. The Morgan fingerprint density at radius 1 is 1.39 bits per heavy atom. The van der Waals surface area contributed by atoms with Crippen LogP contribution in [0.1, 0.15) is 23.2 Å². The van der Waals surface area contributed by atoms with Gasteiger partial charge in [0.05, 0.1) is 7.11 Å². The molecule has 0 aliphatic heterocycles. The number of aryl methyl sites for hydroxylation is 1. The van der Waals surface area contributed by atoms with Crippen molar-refractivity contribution in [3.05, 3.63) is 23.0 Å². The van der Waals surface area contributed by atoms with Crippen molar-refractivity contribution < 1.29 is 4.74 Å². The van der Waals surface area contributed by atoms with E-state index in [2.05, 4.69) is 24.0 Å². The minimum atomic E-state index is 0.144. The Morgan fingerprint density at radius 3 is 2.61 bits per heavy atom. The molecule has 1 aromatic rings. The minimum absolute atomic E-state index is 0.144. The SMILES string of the molecule is COc1c(C)cnc(CC(N)CCN(C)C)c1C. The molecule has 18 heavy (non-hydrogen) atoms. The third-order valence-corrected chi connectivity index (χ3v) is 3.15. The highest BCUT2D eigenvalue weighted by molar-refractivity contribution is 5.41. The van der Waals surface area contributed by atoms with Gasteiger partial charge < -0.3 is 15.4 Å². The van der Waals surface area contributed by atoms with Gasteiger partial charge in [-0.15, -0.1) is 0 Å². The predicted octanol–water partition coefficient (Wildman–Crippen LogP) is 1.53. The summed E-state index contributed by atoms with van der Waals surface area (Å²) in [5.74, 6) is 0.930. The summed E-state index contributed by atoms with van der Waals surface area (Å²) < 4.78 is 5.41. The maximum absolute atomic E-state index is 6.14. The first kappa shape index (κ1) is 14.9. The Labute approximate surface area is 110 Å². The second-order valence-corrected chi connectivity index (χ2v) is 5.10. The first-order valence-corrected chi connectivity index (χ1v) is 6.35. The maximum atomic E-state index is 6.14. The molecule has 0 amide bonds. The summed E-state index contributed by atoms with van der Waals surface area (Å²) in [6.07, 6.45) is 3.64. The van der Waals surface area contributed by atoms with Gasteiger partial charge in [-0.05, 0) is 40.9 Å². The molecule has 2 N–H and O–H groups in total. The van der Waals surface area contributed by atoms with Crippen LogP contribution in [-0.4, -0.2) is 43.7 Å². The lowest BCUT2D eigenvalue weighted by Gasteiger charge is -2.17. The van der Waals surface area contributed by atoms with Crippen molar-refractivity contribution in [2.24, 2.45) is 5.73 Å². The molecule has 1 heterocycles. The Hall–Kier alpha value is -1.13. The van der Waals surface area contributed by atoms with Crippen molar-refractivity contribution in [2.45, 2.75) is 32.7 Å². The average molecular weight is 251 g/mol. The van der Waals surface area contributed by atoms with Crippen LogP contribution in [0.4, 0.5) is 0 Å². The molecule has 0 aliphatic carbocycles. The highest BCUT2D eigenvalue weighted by Gasteiger charge is 2.12. The average Bonchev–Trinajstić information content (AvgIpc) is 2.31. The highest BCUT2D eigenvalue weighted by atomic mass is 16.5. The Kier molecular flexibility index (Phi) is 5.56. The van der Waals surface area contributed by atoms with Crippen molar-refractivity contribution in [3.8, 4) is 5.75 Å². The van der Waals surface area contributed by atoms with E-state index in [1.54, 1.807) is 7.11 Å². The van der Waals surface area contributed by atoms with Crippen molar-refractivity contribution in [2.75, 3.05) is 27.7 Å². The summed E-state index contributed by atoms with van der Waals surface area (Å²) in [6, 6.07) is 0.144. The van der Waals surface area contributed by atoms with Crippen molar-refractivity contribution in [1.82, 2.24) is 9.88 Å². The molecule has 0 fully saturated rings. The van der Waals surface area contributed by atoms with Crippen LogP contribution in [0.5, 0.6) is 5.75 Å². The zero-order valence-corrected chi connectivity index (χ0v) is 12.2. The molecule has 0 saturated carbocycles. The zero-order valence-electron chi connectivity index (χ0n) is 12.2. The number of ether oxygens (including phenoxy) is 1. The molecule has 0 radical (unpaired) electrons. The smallest absolute Gasteiger partial charge is 0.128 e. The lowest BCUT2D eigenvalue weighted by Crippen LogP contribution is -2.28. The lowest BCUT2D eigenvalue weighted by molar-refractivity contribution is 0.378. The van der Waals surface area contributed by atoms with Gasteiger partial charge in [0, 0.05) is 35.5 Å². The summed E-state index contributed by atoms with van der Waals surface area (Å²) >= 11 is 0. The van der Waals surface area contributed by atoms with Crippen LogP contribution in [0, 0.1) is 13.8 Å². The van der Waals surface area contributed by atoms with Crippen LogP contribution in [0.25, 0.3) is 0 Å². The van der Waals surface area contributed by atoms with Gasteiger partial charge in [-0.25, -0.2) is 0 Å². The molecule has 0 aromatic carbocycles. The van der Waals surface area contributed by atoms with E-state index in [1.165, 1.54) is 0 Å². The summed E-state index contributed by atoms with van der Waals surface area (Å²) in [5.41, 5.74) is 9.37. The predicted molar refractivity (Wildman–Crippen MR) is 75.1 cm³/mol. The molecule has 0 saturated heterocycles. The molecular formula is C14H25N3O. The fourth-order valence-electron chi connectivity index (χ4n) is 2.05. The Balaban J connectivity index is 2.73. The van der Waals surface area contributed by atoms with Gasteiger partial charge >= 0.3 is 0 Å². The Bertz CT molecular complexity index is 391. The molecule has 1 rings (SSSR count). The maximum Gasteiger partial charge on any atom is 0.128 e. The number of nitrogens with two attached hydrogens (primary N) is 1. The number of nitrogens with zero attached hydrogens (tertiary/aromatic N) is 2. The number of hydrogen-bond acceptors (Lipinski definition) is 4. The van der Waals surface area contributed by atoms with Crippen LogP contribution in [0.15, 0.2) is 6.20 Å². The fourth-order valence-corrected chi connectivity index (χ4v) is 2.05. The lowest BCUT2D eigenvalue weighted by atomic mass is 10.0. The molecule has 0 aliphatic rings. The van der Waals surface area contributed by atoms with Gasteiger partial charge in [-0.2, -0.15) is 0 Å². The van der Waals surface area contributed by atoms with Crippen LogP contribution >= 0.6 is 0 Å². The van der Waals surface area contributed by atoms with E-state index in [0.717, 1.165) is 42.0 Å². The highest BCUT2D eigenvalue weighted by Crippen LogP contribution is 2.24. The quantitative estimate of drug-likeness (QED) is 0.833. The fraction of sp³-hybridized carbons (Fsp3) is 0.643. The van der Waals surface area contributed by atoms with Crippen molar-refractivity contribution in [1.29, 1.82) is 0 Å². The van der Waals surface area contributed by atoms with E-state index in [1.807, 2.05) is 20.0 Å². The van der Waals surface area contributed by atoms with E-state index in [-0.39, 0.29) is 6.04 Å². The third kappa shape index (κ3) is 3.96. The molecule has 1 atom stereocenters. The minimum Gasteiger partial charge on any atom is -0.496 e. The molecular weight excluding hydrogens is 226 g/mol. The molecule has 0 bridgehead atoms. The third-order valence-electron chi connectivity index (χ3n) is 3.15. The van der Waals surface area contributed by atoms with E-state index in [4.69, 9.17) is 10.5 Å². The van der Waals surface area contributed by atoms with Gasteiger partial charge in [0.2, 0.25) is 0 Å². The first-order chi connectivity index (χ1) is 8.45. The zero-order chi connectivity index (χ0) is 13.7. The van der Waals surface area contributed by atoms with Crippen molar-refractivity contribution in [3.63, 3.8) is 0 Å². The topological polar surface area (TPSA) is 51.4 Å². The van der Waals surface area contributed by atoms with Gasteiger partial charge in [0.25, 0.3) is 0 Å². The second-order valence-electron chi connectivity index (χ2n) is 5.10. The summed E-state index contributed by atoms with van der Waals surface area (Å²) in [5, 5.41) is 0. The van der Waals surface area contributed by atoms with Crippen LogP contribution in [0.3, 0.4) is 0 Å². The number of rotatable bonds is 6. The molecule has 1 unspecified atom stereocenters. The van der Waals surface area contributed by atoms with Gasteiger partial charge in [0.15, 0.2) is 0 Å². The van der Waals surface area contributed by atoms with Crippen molar-refractivity contribution >= 4 is 0 Å². The molecule has 0 spiro atoms. The van der Waals surface area contributed by atoms with Crippen LogP contribution in [-0.2, 0) is 6.42 Å². The van der Waals surface area contributed by atoms with E-state index in [9.17, 15) is 0 Å². The standard InChI is InChI=1S/C14H25N3O/c1-10-9-16-13(11(2)14(10)18-5)8-12(15)6-7-17(3)4/h9,12H,6-8,15H2,1-5H3. The number of hydrogen-bond donors (Lipinski definition) is 1. The van der Waals surface area contributed by atoms with E-state index in [0.29, 0.717) is 0 Å². The van der Waals surface area contributed by atoms with Crippen LogP contribution in [0.2, 0.25) is 0 Å². The summed E-state index contributed by atoms with van der Waals surface area (Å²) in [6.45, 7) is 5.06. The largest absolute Gasteiger partial charge is 0.496 e. The van der Waals surface area contributed by atoms with E-state index < -0.39 is 0 Å². The molecule has 102 valence electrons. The normalized spacial score (nSPS) is 12.8.